The first kappa shape index (κ1) is 29.6. The third-order valence-corrected chi connectivity index (χ3v) is 0. The van der Waals surface area contributed by atoms with Crippen LogP contribution in [0.2, 0.25) is 0 Å². The molecule has 13 heteroatoms. The van der Waals surface area contributed by atoms with Crippen molar-refractivity contribution in [3.05, 3.63) is 0 Å². The standard InChI is InChI=1S/2H3O3PSe.3S/c2*1-4(2,3)5;;;/h2*(H3,1,2,3,5);;;/q;;3*+2/p-6. The molecule has 0 unspecified atom stereocenters. The van der Waals surface area contributed by atoms with Crippen molar-refractivity contribution in [2.45, 2.75) is 0 Å². The first-order chi connectivity index (χ1) is 4.00. The van der Waals surface area contributed by atoms with Gasteiger partial charge in [-0.1, -0.05) is 0 Å². The van der Waals surface area contributed by atoms with Crippen molar-refractivity contribution in [3.63, 3.8) is 0 Å². The van der Waals surface area contributed by atoms with Crippen LogP contribution in [0.3, 0.4) is 0 Å². The molecule has 0 fully saturated rings. The number of hydrogen-bond acceptors (Lipinski definition) is 6. The molecule has 0 heterocycles. The second kappa shape index (κ2) is 12.8. The molecule has 0 saturated carbocycles. The van der Waals surface area contributed by atoms with Crippen LogP contribution < -0.4 is 29.4 Å². The topological polar surface area (TPSA) is 138 Å². The summed E-state index contributed by atoms with van der Waals surface area (Å²) in [6, 6.07) is 0. The molecule has 0 saturated heterocycles. The molecule has 0 aromatic carbocycles. The largest absolute Gasteiger partial charge is 2.00 e. The quantitative estimate of drug-likeness (QED) is 0.287. The Balaban J connectivity index is -0.0000000267. The van der Waals surface area contributed by atoms with E-state index in [2.05, 4.69) is 0 Å². The molecule has 0 aromatic rings. The summed E-state index contributed by atoms with van der Waals surface area (Å²) in [5, 5.41) is 0. The Bertz CT molecular complexity index is 136. The van der Waals surface area contributed by atoms with Crippen molar-refractivity contribution >= 4 is 83.1 Å². The van der Waals surface area contributed by atoms with E-state index in [0.29, 0.717) is 0 Å². The molecule has 0 rings (SSSR count). The van der Waals surface area contributed by atoms with E-state index in [0.717, 1.165) is 0 Å². The maximum absolute atomic E-state index is 9.05. The van der Waals surface area contributed by atoms with Crippen molar-refractivity contribution < 1.29 is 29.4 Å². The van der Waals surface area contributed by atoms with E-state index in [1.165, 1.54) is 30.2 Å². The zero-order chi connectivity index (χ0) is 9.00. The van der Waals surface area contributed by atoms with E-state index < -0.39 is 12.4 Å². The van der Waals surface area contributed by atoms with Gasteiger partial charge in [-0.05, 0) is 0 Å². The van der Waals surface area contributed by atoms with Gasteiger partial charge in [0.25, 0.3) is 0 Å². The van der Waals surface area contributed by atoms with E-state index in [1.54, 1.807) is 0 Å². The van der Waals surface area contributed by atoms with E-state index in [4.69, 9.17) is 29.4 Å². The van der Waals surface area contributed by atoms with E-state index >= 15 is 0 Å². The van der Waals surface area contributed by atoms with Crippen molar-refractivity contribution in [2.75, 3.05) is 0 Å². The minimum atomic E-state index is -4.26. The molecule has 0 amide bonds. The Morgan fingerprint density at radius 3 is 0.538 bits per heavy atom. The summed E-state index contributed by atoms with van der Waals surface area (Å²) in [6.45, 7) is 0. The van der Waals surface area contributed by atoms with Gasteiger partial charge in [0.05, 0.1) is 0 Å². The van der Waals surface area contributed by atoms with Gasteiger partial charge in [-0.25, -0.2) is 0 Å². The summed E-state index contributed by atoms with van der Waals surface area (Å²) in [6.07, 6.45) is -8.53. The molecule has 0 N–H and O–H groups in total. The van der Waals surface area contributed by atoms with Crippen LogP contribution in [0.25, 0.3) is 0 Å². The monoisotopic (exact) mass is 414 g/mol. The van der Waals surface area contributed by atoms with Gasteiger partial charge < -0.3 is 0 Å². The molecule has 0 aliphatic carbocycles. The van der Waals surface area contributed by atoms with E-state index in [9.17, 15) is 0 Å². The van der Waals surface area contributed by atoms with Crippen molar-refractivity contribution in [1.29, 1.82) is 0 Å². The summed E-state index contributed by atoms with van der Waals surface area (Å²) in [7, 11) is 0. The zero-order valence-electron chi connectivity index (χ0n) is 5.39. The normalized spacial score (nSPS) is 9.08. The van der Waals surface area contributed by atoms with Gasteiger partial charge in [0.1, 0.15) is 0 Å². The zero-order valence-corrected chi connectivity index (χ0v) is 13.0. The number of hydrogen-bond donors (Lipinski definition) is 0. The van der Waals surface area contributed by atoms with Crippen LogP contribution in [0, 0.1) is 0 Å². The third kappa shape index (κ3) is 324. The summed E-state index contributed by atoms with van der Waals surface area (Å²) in [5.41, 5.74) is 0. The first-order valence-corrected chi connectivity index (χ1v) is 8.98. The van der Waals surface area contributed by atoms with Crippen LogP contribution in [0.1, 0.15) is 0 Å². The molecule has 0 spiro atoms. The molecule has 0 aliphatic heterocycles. The maximum Gasteiger partial charge on any atom is 2.00 e. The van der Waals surface area contributed by atoms with Crippen LogP contribution >= 0.6 is 12.4 Å². The fraction of sp³-hybridized carbons (Fsp3) is 0. The van der Waals surface area contributed by atoms with E-state index in [-0.39, 0.29) is 40.5 Å². The molecule has 76 valence electrons. The number of rotatable bonds is 0. The average molecular weight is 412 g/mol. The van der Waals surface area contributed by atoms with Gasteiger partial charge in [-0.15, -0.1) is 0 Å². The molecule has 0 aromatic heterocycles. The Kier molecular flexibility index (Phi) is 29.1. The van der Waals surface area contributed by atoms with Crippen LogP contribution in [-0.2, 0) is 40.5 Å². The molecule has 6 nitrogen and oxygen atoms in total. The SMILES string of the molecule is [O-]P([O-])([O-])=[Se].[O-]P([O-])([O-])=[Se].[S+2].[S+2].[S+2]. The van der Waals surface area contributed by atoms with Gasteiger partial charge in [0, 0.05) is 0 Å². The fourth-order valence-electron chi connectivity index (χ4n) is 0. The Morgan fingerprint density at radius 2 is 0.538 bits per heavy atom. The molecule has 12 radical (unpaired) electrons. The fourth-order valence-corrected chi connectivity index (χ4v) is 0. The predicted molar refractivity (Wildman–Crippen MR) is 47.4 cm³/mol. The summed E-state index contributed by atoms with van der Waals surface area (Å²) >= 11 is 2.85. The van der Waals surface area contributed by atoms with Gasteiger partial charge >= 0.3 is 112 Å². The second-order valence-corrected chi connectivity index (χ2v) is 8.31. The van der Waals surface area contributed by atoms with Crippen molar-refractivity contribution in [3.8, 4) is 0 Å². The molecule has 0 aliphatic rings. The Labute approximate surface area is 112 Å². The molecule has 0 bridgehead atoms. The first-order valence-electron chi connectivity index (χ1n) is 1.46. The molecular formula is O6P2S3Se2. The van der Waals surface area contributed by atoms with E-state index in [1.807, 2.05) is 0 Å². The minimum absolute atomic E-state index is 0. The third-order valence-electron chi connectivity index (χ3n) is 0. The summed E-state index contributed by atoms with van der Waals surface area (Å²) in [4.78, 5) is 54.3. The van der Waals surface area contributed by atoms with Gasteiger partial charge in [0.2, 0.25) is 0 Å². The van der Waals surface area contributed by atoms with Crippen LogP contribution in [0.5, 0.6) is 0 Å². The summed E-state index contributed by atoms with van der Waals surface area (Å²) in [5.74, 6) is 0. The van der Waals surface area contributed by atoms with Gasteiger partial charge in [0.15, 0.2) is 0 Å². The minimum Gasteiger partial charge on any atom is 2.00 e. The smallest absolute Gasteiger partial charge is 2.00 e. The maximum atomic E-state index is 9.05. The molecule has 0 atom stereocenters. The average Bonchev–Trinajstić information content (AvgIpc) is 1.12. The van der Waals surface area contributed by atoms with Crippen LogP contribution in [0.15, 0.2) is 0 Å². The van der Waals surface area contributed by atoms with Gasteiger partial charge in [-0.3, -0.25) is 0 Å². The van der Waals surface area contributed by atoms with Crippen LogP contribution in [0.4, 0.5) is 0 Å². The van der Waals surface area contributed by atoms with Gasteiger partial charge in [-0.2, -0.15) is 0 Å². The Hall–Kier alpha value is 2.71. The molecule has 13 heavy (non-hydrogen) atoms. The molecular weight excluding hydrogens is 412 g/mol. The van der Waals surface area contributed by atoms with Crippen molar-refractivity contribution in [2.24, 2.45) is 0 Å². The Morgan fingerprint density at radius 1 is 0.538 bits per heavy atom. The van der Waals surface area contributed by atoms with Crippen LogP contribution in [-0.4, -0.2) is 30.2 Å². The van der Waals surface area contributed by atoms with Crippen molar-refractivity contribution in [1.82, 2.24) is 0 Å². The second-order valence-electron chi connectivity index (χ2n) is 0.894. The summed E-state index contributed by atoms with van der Waals surface area (Å²) < 4.78 is 0. The predicted octanol–water partition coefficient (Wildman–Crippen LogP) is -6.18.